The lowest BCUT2D eigenvalue weighted by Crippen LogP contribution is -1.93. The van der Waals surface area contributed by atoms with Gasteiger partial charge < -0.3 is 4.42 Å². The molecule has 10 aromatic carbocycles. The molecular formula is C52H32O. The average molecular weight is 673 g/mol. The molecule has 11 rings (SSSR count). The van der Waals surface area contributed by atoms with Gasteiger partial charge in [0.15, 0.2) is 0 Å². The summed E-state index contributed by atoms with van der Waals surface area (Å²) in [4.78, 5) is 0. The second-order valence-corrected chi connectivity index (χ2v) is 14.0. The maximum Gasteiger partial charge on any atom is 0.135 e. The second kappa shape index (κ2) is 11.8. The zero-order valence-electron chi connectivity index (χ0n) is 28.9. The van der Waals surface area contributed by atoms with Gasteiger partial charge in [0, 0.05) is 10.8 Å². The Bertz CT molecular complexity index is 3160. The molecule has 11 aromatic rings. The average Bonchev–Trinajstić information content (AvgIpc) is 3.61. The molecule has 0 unspecified atom stereocenters. The standard InChI is InChI=1S/C52H32O/c1-2-14-37-35(13-1)31-47(40-17-5-4-16-39(37)40)33-25-27-34(28-26-33)51-43-20-7-9-22-45(43)52(46-23-10-8-21-44(46)51)42-19-6-3-15-38(42)36-29-30-50-48(32-36)41-18-11-12-24-49(41)53-50/h1-32H. The highest BCUT2D eigenvalue weighted by Crippen LogP contribution is 2.47. The zero-order valence-corrected chi connectivity index (χ0v) is 28.9. The van der Waals surface area contributed by atoms with E-state index in [0.717, 1.165) is 21.9 Å². The summed E-state index contributed by atoms with van der Waals surface area (Å²) >= 11 is 0. The molecule has 246 valence electrons. The van der Waals surface area contributed by atoms with Crippen molar-refractivity contribution in [3.05, 3.63) is 194 Å². The van der Waals surface area contributed by atoms with E-state index in [1.807, 2.05) is 12.1 Å². The van der Waals surface area contributed by atoms with Crippen LogP contribution in [0.2, 0.25) is 0 Å². The first-order chi connectivity index (χ1) is 26.3. The van der Waals surface area contributed by atoms with Gasteiger partial charge in [-0.2, -0.15) is 0 Å². The molecule has 53 heavy (non-hydrogen) atoms. The molecule has 0 N–H and O–H groups in total. The van der Waals surface area contributed by atoms with Gasteiger partial charge >= 0.3 is 0 Å². The quantitative estimate of drug-likeness (QED) is 0.134. The number of fused-ring (bicyclic) bond motifs is 8. The fourth-order valence-corrected chi connectivity index (χ4v) is 8.69. The number of hydrogen-bond donors (Lipinski definition) is 0. The van der Waals surface area contributed by atoms with Crippen LogP contribution in [0, 0.1) is 0 Å². The molecule has 0 spiro atoms. The van der Waals surface area contributed by atoms with E-state index in [1.165, 1.54) is 87.6 Å². The molecule has 1 nitrogen and oxygen atoms in total. The van der Waals surface area contributed by atoms with Crippen molar-refractivity contribution in [3.63, 3.8) is 0 Å². The predicted octanol–water partition coefficient (Wildman–Crippen LogP) is 14.9. The summed E-state index contributed by atoms with van der Waals surface area (Å²) in [5, 5.41) is 12.4. The zero-order chi connectivity index (χ0) is 34.9. The molecule has 0 aliphatic carbocycles. The van der Waals surface area contributed by atoms with Crippen molar-refractivity contribution in [1.29, 1.82) is 0 Å². The third-order valence-electron chi connectivity index (χ3n) is 11.1. The Morgan fingerprint density at radius 3 is 1.45 bits per heavy atom. The first-order valence-corrected chi connectivity index (χ1v) is 18.3. The van der Waals surface area contributed by atoms with Crippen LogP contribution < -0.4 is 0 Å². The normalized spacial score (nSPS) is 11.8. The van der Waals surface area contributed by atoms with Crippen LogP contribution in [0.5, 0.6) is 0 Å². The van der Waals surface area contributed by atoms with Crippen molar-refractivity contribution in [2.24, 2.45) is 0 Å². The van der Waals surface area contributed by atoms with Gasteiger partial charge in [-0.25, -0.2) is 0 Å². The number of para-hydroxylation sites is 1. The largest absolute Gasteiger partial charge is 0.456 e. The number of benzene rings is 10. The van der Waals surface area contributed by atoms with E-state index in [1.54, 1.807) is 0 Å². The Morgan fingerprint density at radius 1 is 0.245 bits per heavy atom. The van der Waals surface area contributed by atoms with Gasteiger partial charge in [-0.05, 0) is 112 Å². The van der Waals surface area contributed by atoms with Gasteiger partial charge in [-0.3, -0.25) is 0 Å². The first-order valence-electron chi connectivity index (χ1n) is 18.3. The molecule has 0 radical (unpaired) electrons. The third kappa shape index (κ3) is 4.64. The maximum absolute atomic E-state index is 6.20. The molecule has 0 aliphatic heterocycles. The van der Waals surface area contributed by atoms with Crippen LogP contribution in [0.25, 0.3) is 110 Å². The van der Waals surface area contributed by atoms with E-state index in [0.29, 0.717) is 0 Å². The van der Waals surface area contributed by atoms with E-state index in [9.17, 15) is 0 Å². The molecule has 0 saturated heterocycles. The minimum absolute atomic E-state index is 0.910. The molecule has 0 saturated carbocycles. The topological polar surface area (TPSA) is 13.1 Å². The lowest BCUT2D eigenvalue weighted by atomic mass is 9.83. The van der Waals surface area contributed by atoms with E-state index < -0.39 is 0 Å². The smallest absolute Gasteiger partial charge is 0.135 e. The lowest BCUT2D eigenvalue weighted by molar-refractivity contribution is 0.669. The lowest BCUT2D eigenvalue weighted by Gasteiger charge is -2.20. The summed E-state index contributed by atoms with van der Waals surface area (Å²) in [7, 11) is 0. The molecule has 1 heterocycles. The molecule has 0 aliphatic rings. The van der Waals surface area contributed by atoms with Crippen LogP contribution in [0.15, 0.2) is 199 Å². The Morgan fingerprint density at radius 2 is 0.736 bits per heavy atom. The van der Waals surface area contributed by atoms with Gasteiger partial charge in [-0.15, -0.1) is 0 Å². The van der Waals surface area contributed by atoms with Crippen LogP contribution in [-0.2, 0) is 0 Å². The summed E-state index contributed by atoms with van der Waals surface area (Å²) in [5.41, 5.74) is 11.6. The van der Waals surface area contributed by atoms with Crippen LogP contribution in [0.3, 0.4) is 0 Å². The van der Waals surface area contributed by atoms with Crippen molar-refractivity contribution in [2.75, 3.05) is 0 Å². The van der Waals surface area contributed by atoms with E-state index in [2.05, 4.69) is 182 Å². The van der Waals surface area contributed by atoms with Gasteiger partial charge in [-0.1, -0.05) is 170 Å². The number of furan rings is 1. The fourth-order valence-electron chi connectivity index (χ4n) is 8.69. The van der Waals surface area contributed by atoms with Gasteiger partial charge in [0.2, 0.25) is 0 Å². The SMILES string of the molecule is c1ccc(-c2c3ccccc3c(-c3ccc(-c4cc5ccccc5c5ccccc45)cc3)c3ccccc23)c(-c2ccc3oc4ccccc4c3c2)c1. The van der Waals surface area contributed by atoms with Crippen LogP contribution in [0.4, 0.5) is 0 Å². The van der Waals surface area contributed by atoms with Crippen molar-refractivity contribution in [3.8, 4) is 44.5 Å². The third-order valence-corrected chi connectivity index (χ3v) is 11.1. The summed E-state index contributed by atoms with van der Waals surface area (Å²) in [5.74, 6) is 0. The Kier molecular flexibility index (Phi) is 6.62. The van der Waals surface area contributed by atoms with Crippen molar-refractivity contribution < 1.29 is 4.42 Å². The minimum atomic E-state index is 0.910. The second-order valence-electron chi connectivity index (χ2n) is 14.0. The van der Waals surface area contributed by atoms with Crippen molar-refractivity contribution in [1.82, 2.24) is 0 Å². The summed E-state index contributed by atoms with van der Waals surface area (Å²) in [6, 6.07) is 70.6. The molecular weight excluding hydrogens is 641 g/mol. The van der Waals surface area contributed by atoms with Crippen molar-refractivity contribution in [2.45, 2.75) is 0 Å². The summed E-state index contributed by atoms with van der Waals surface area (Å²) < 4.78 is 6.20. The van der Waals surface area contributed by atoms with Crippen molar-refractivity contribution >= 4 is 65.0 Å². The highest BCUT2D eigenvalue weighted by atomic mass is 16.3. The Labute approximate surface area is 307 Å². The highest BCUT2D eigenvalue weighted by molar-refractivity contribution is 6.23. The monoisotopic (exact) mass is 672 g/mol. The van der Waals surface area contributed by atoms with E-state index >= 15 is 0 Å². The van der Waals surface area contributed by atoms with Crippen LogP contribution >= 0.6 is 0 Å². The predicted molar refractivity (Wildman–Crippen MR) is 225 cm³/mol. The Hall–Kier alpha value is -6.96. The Balaban J connectivity index is 1.11. The van der Waals surface area contributed by atoms with Gasteiger partial charge in [0.05, 0.1) is 0 Å². The highest BCUT2D eigenvalue weighted by Gasteiger charge is 2.20. The van der Waals surface area contributed by atoms with E-state index in [-0.39, 0.29) is 0 Å². The number of rotatable bonds is 4. The molecule has 1 aromatic heterocycles. The van der Waals surface area contributed by atoms with Gasteiger partial charge in [0.25, 0.3) is 0 Å². The molecule has 0 atom stereocenters. The first kappa shape index (κ1) is 29.7. The molecule has 0 amide bonds. The minimum Gasteiger partial charge on any atom is -0.456 e. The summed E-state index contributed by atoms with van der Waals surface area (Å²) in [6.45, 7) is 0. The fraction of sp³-hybridized carbons (Fsp3) is 0. The maximum atomic E-state index is 6.20. The van der Waals surface area contributed by atoms with E-state index in [4.69, 9.17) is 4.42 Å². The molecule has 0 fully saturated rings. The molecule has 0 bridgehead atoms. The van der Waals surface area contributed by atoms with Crippen LogP contribution in [-0.4, -0.2) is 0 Å². The molecule has 1 heteroatoms. The van der Waals surface area contributed by atoms with Gasteiger partial charge in [0.1, 0.15) is 11.2 Å². The summed E-state index contributed by atoms with van der Waals surface area (Å²) in [6.07, 6.45) is 0. The van der Waals surface area contributed by atoms with Crippen LogP contribution in [0.1, 0.15) is 0 Å². The number of hydrogen-bond acceptors (Lipinski definition) is 1.